The summed E-state index contributed by atoms with van der Waals surface area (Å²) in [5.74, 6) is 0.901. The second kappa shape index (κ2) is 8.03. The van der Waals surface area contributed by atoms with Crippen molar-refractivity contribution >= 4 is 22.7 Å². The average Bonchev–Trinajstić information content (AvgIpc) is 2.98. The van der Waals surface area contributed by atoms with Crippen molar-refractivity contribution < 1.29 is 0 Å². The molecule has 31 heavy (non-hydrogen) atoms. The molecule has 0 bridgehead atoms. The minimum absolute atomic E-state index is 0.150. The lowest BCUT2D eigenvalue weighted by Gasteiger charge is -2.35. The van der Waals surface area contributed by atoms with Gasteiger partial charge in [-0.25, -0.2) is 0 Å². The zero-order chi connectivity index (χ0) is 22.4. The van der Waals surface area contributed by atoms with Gasteiger partial charge in [0.1, 0.15) is 6.17 Å². The minimum atomic E-state index is 0.150. The Bertz CT molecular complexity index is 1060. The van der Waals surface area contributed by atoms with Gasteiger partial charge in [-0.1, -0.05) is 58.0 Å². The summed E-state index contributed by atoms with van der Waals surface area (Å²) < 4.78 is 0. The van der Waals surface area contributed by atoms with Crippen molar-refractivity contribution in [2.24, 2.45) is 0 Å². The van der Waals surface area contributed by atoms with Gasteiger partial charge in [0.15, 0.2) is 0 Å². The van der Waals surface area contributed by atoms with E-state index < -0.39 is 0 Å². The van der Waals surface area contributed by atoms with Gasteiger partial charge in [0.05, 0.1) is 28.4 Å². The highest BCUT2D eigenvalue weighted by Gasteiger charge is 2.38. The molecule has 4 rings (SSSR count). The summed E-state index contributed by atoms with van der Waals surface area (Å²) in [5, 5.41) is 0. The molecular formula is C28H35N3. The lowest BCUT2D eigenvalue weighted by molar-refractivity contribution is 0.732. The smallest absolute Gasteiger partial charge is 0.108 e. The van der Waals surface area contributed by atoms with Gasteiger partial charge in [-0.05, 0) is 74.4 Å². The van der Waals surface area contributed by atoms with E-state index in [1.807, 2.05) is 0 Å². The van der Waals surface area contributed by atoms with Gasteiger partial charge in [-0.2, -0.15) is 0 Å². The Labute approximate surface area is 187 Å². The standard InChI is InChI=1S/C28H35N3/c1-17(2)23-12-11-13-24(18(3)4)28(23)31-22(8)30(25-14-9-10-15-26(25)31)27-19(5)16-20(6)29-21(27)7/h9-18,22H,1-8H3/t22-/m0/s1. The molecule has 0 radical (unpaired) electrons. The van der Waals surface area contributed by atoms with Gasteiger partial charge in [0.2, 0.25) is 0 Å². The Morgan fingerprint density at radius 1 is 0.742 bits per heavy atom. The molecule has 1 aromatic heterocycles. The number of benzene rings is 2. The van der Waals surface area contributed by atoms with Gasteiger partial charge in [-0.3, -0.25) is 4.98 Å². The number of aromatic nitrogens is 1. The average molecular weight is 414 g/mol. The van der Waals surface area contributed by atoms with Crippen molar-refractivity contribution in [3.8, 4) is 0 Å². The van der Waals surface area contributed by atoms with Crippen LogP contribution in [0.5, 0.6) is 0 Å². The minimum Gasteiger partial charge on any atom is -0.318 e. The third-order valence-corrected chi connectivity index (χ3v) is 6.46. The van der Waals surface area contributed by atoms with Gasteiger partial charge in [0, 0.05) is 5.69 Å². The van der Waals surface area contributed by atoms with Gasteiger partial charge in [0.25, 0.3) is 0 Å². The first-order valence-corrected chi connectivity index (χ1v) is 11.5. The molecule has 0 amide bonds. The second-order valence-electron chi connectivity index (χ2n) is 9.47. The van der Waals surface area contributed by atoms with Crippen LogP contribution in [-0.4, -0.2) is 11.1 Å². The topological polar surface area (TPSA) is 19.4 Å². The number of pyridine rings is 1. The maximum Gasteiger partial charge on any atom is 0.108 e. The highest BCUT2D eigenvalue weighted by Crippen LogP contribution is 2.51. The van der Waals surface area contributed by atoms with E-state index in [4.69, 9.17) is 4.98 Å². The maximum atomic E-state index is 4.82. The molecule has 0 spiro atoms. The van der Waals surface area contributed by atoms with Crippen LogP contribution in [0, 0.1) is 20.8 Å². The molecule has 0 saturated heterocycles. The quantitative estimate of drug-likeness (QED) is 0.433. The Balaban J connectivity index is 1.98. The number of para-hydroxylation sites is 3. The SMILES string of the molecule is Cc1cc(C)c(N2c3ccccc3N(c3c(C(C)C)cccc3C(C)C)[C@H]2C)c(C)n1. The molecule has 2 aromatic carbocycles. The van der Waals surface area contributed by atoms with Crippen LogP contribution in [0.15, 0.2) is 48.5 Å². The number of fused-ring (bicyclic) bond motifs is 1. The molecule has 0 fully saturated rings. The zero-order valence-electron chi connectivity index (χ0n) is 20.2. The molecule has 0 aliphatic carbocycles. The lowest BCUT2D eigenvalue weighted by atomic mass is 9.91. The molecule has 0 N–H and O–H groups in total. The third kappa shape index (κ3) is 3.50. The molecule has 3 heteroatoms. The van der Waals surface area contributed by atoms with Crippen LogP contribution in [0.4, 0.5) is 22.7 Å². The zero-order valence-corrected chi connectivity index (χ0v) is 20.2. The second-order valence-corrected chi connectivity index (χ2v) is 9.47. The first-order valence-electron chi connectivity index (χ1n) is 11.5. The van der Waals surface area contributed by atoms with Gasteiger partial charge >= 0.3 is 0 Å². The fourth-order valence-electron chi connectivity index (χ4n) is 5.18. The Kier molecular flexibility index (Phi) is 5.55. The van der Waals surface area contributed by atoms with Crippen molar-refractivity contribution in [2.45, 2.75) is 73.4 Å². The molecule has 1 atom stereocenters. The van der Waals surface area contributed by atoms with Crippen LogP contribution in [0.3, 0.4) is 0 Å². The van der Waals surface area contributed by atoms with Crippen LogP contribution in [-0.2, 0) is 0 Å². The van der Waals surface area contributed by atoms with E-state index in [-0.39, 0.29) is 6.17 Å². The van der Waals surface area contributed by atoms with Crippen molar-refractivity contribution in [3.63, 3.8) is 0 Å². The molecule has 3 aromatic rings. The summed E-state index contributed by atoms with van der Waals surface area (Å²) in [4.78, 5) is 9.85. The van der Waals surface area contributed by atoms with E-state index in [0.717, 1.165) is 11.4 Å². The summed E-state index contributed by atoms with van der Waals surface area (Å²) in [6.45, 7) is 17.9. The molecule has 2 heterocycles. The van der Waals surface area contributed by atoms with Crippen molar-refractivity contribution in [1.82, 2.24) is 4.98 Å². The molecule has 1 aliphatic heterocycles. The number of hydrogen-bond acceptors (Lipinski definition) is 3. The summed E-state index contributed by atoms with van der Waals surface area (Å²) in [5.41, 5.74) is 11.4. The van der Waals surface area contributed by atoms with E-state index in [0.29, 0.717) is 11.8 Å². The van der Waals surface area contributed by atoms with Crippen LogP contribution in [0.25, 0.3) is 0 Å². The summed E-state index contributed by atoms with van der Waals surface area (Å²) >= 11 is 0. The highest BCUT2D eigenvalue weighted by molar-refractivity contribution is 5.90. The summed E-state index contributed by atoms with van der Waals surface area (Å²) in [7, 11) is 0. The van der Waals surface area contributed by atoms with E-state index in [9.17, 15) is 0 Å². The predicted octanol–water partition coefficient (Wildman–Crippen LogP) is 7.89. The van der Waals surface area contributed by atoms with Gasteiger partial charge in [-0.15, -0.1) is 0 Å². The first kappa shape index (κ1) is 21.4. The third-order valence-electron chi connectivity index (χ3n) is 6.46. The van der Waals surface area contributed by atoms with E-state index in [1.54, 1.807) is 0 Å². The number of hydrogen-bond donors (Lipinski definition) is 0. The molecule has 0 unspecified atom stereocenters. The Morgan fingerprint density at radius 2 is 1.26 bits per heavy atom. The van der Waals surface area contributed by atoms with Crippen LogP contribution < -0.4 is 9.80 Å². The molecule has 1 aliphatic rings. The summed E-state index contributed by atoms with van der Waals surface area (Å²) in [6.07, 6.45) is 0.150. The lowest BCUT2D eigenvalue weighted by Crippen LogP contribution is -2.37. The van der Waals surface area contributed by atoms with E-state index >= 15 is 0 Å². The van der Waals surface area contributed by atoms with E-state index in [1.165, 1.54) is 39.4 Å². The number of aryl methyl sites for hydroxylation is 3. The molecule has 3 nitrogen and oxygen atoms in total. The summed E-state index contributed by atoms with van der Waals surface area (Å²) in [6, 6.07) is 17.8. The van der Waals surface area contributed by atoms with Crippen LogP contribution in [0.2, 0.25) is 0 Å². The van der Waals surface area contributed by atoms with Crippen molar-refractivity contribution in [1.29, 1.82) is 0 Å². The fraction of sp³-hybridized carbons (Fsp3) is 0.393. The van der Waals surface area contributed by atoms with Gasteiger partial charge < -0.3 is 9.80 Å². The Hall–Kier alpha value is -2.81. The predicted molar refractivity (Wildman–Crippen MR) is 133 cm³/mol. The molecular weight excluding hydrogens is 378 g/mol. The number of rotatable bonds is 4. The Morgan fingerprint density at radius 3 is 1.74 bits per heavy atom. The number of nitrogens with zero attached hydrogens (tertiary/aromatic N) is 3. The molecule has 162 valence electrons. The monoisotopic (exact) mass is 413 g/mol. The largest absolute Gasteiger partial charge is 0.318 e. The highest BCUT2D eigenvalue weighted by atomic mass is 15.4. The number of anilines is 4. The maximum absolute atomic E-state index is 4.82. The van der Waals surface area contributed by atoms with Crippen LogP contribution >= 0.6 is 0 Å². The first-order chi connectivity index (χ1) is 14.7. The van der Waals surface area contributed by atoms with Crippen molar-refractivity contribution in [2.75, 3.05) is 9.80 Å². The van der Waals surface area contributed by atoms with Crippen molar-refractivity contribution in [3.05, 3.63) is 76.6 Å². The van der Waals surface area contributed by atoms with E-state index in [2.05, 4.69) is 114 Å². The fourth-order valence-corrected chi connectivity index (χ4v) is 5.18. The van der Waals surface area contributed by atoms with Crippen LogP contribution in [0.1, 0.15) is 74.5 Å². The normalized spacial score (nSPS) is 15.9. The molecule has 0 saturated carbocycles.